The van der Waals surface area contributed by atoms with Crippen LogP contribution in [0, 0.1) is 24.7 Å². The molecule has 1 nitrogen and oxygen atoms in total. The topological polar surface area (TPSA) is 4.93 Å². The van der Waals surface area contributed by atoms with Gasteiger partial charge in [-0.1, -0.05) is 181 Å². The zero-order valence-electron chi connectivity index (χ0n) is 41.9. The zero-order chi connectivity index (χ0) is 50.5. The number of nitrogens with zero attached hydrogens (tertiary/aromatic N) is 1. The molecule has 0 radical (unpaired) electrons. The smallest absolute Gasteiger partial charge is 0.366 e. The van der Waals surface area contributed by atoms with Crippen LogP contribution >= 0.6 is 15.8 Å². The molecule has 0 amide bonds. The monoisotopic (exact) mass is 1390 g/mol. The van der Waals surface area contributed by atoms with Crippen molar-refractivity contribution in [3.05, 3.63) is 319 Å². The molecule has 0 spiro atoms. The minimum atomic E-state index is -1.38. The van der Waals surface area contributed by atoms with E-state index in [9.17, 15) is 0 Å². The van der Waals surface area contributed by atoms with Crippen LogP contribution in [0.25, 0.3) is 49.7 Å². The van der Waals surface area contributed by atoms with Crippen LogP contribution < -0.4 is 31.8 Å². The van der Waals surface area contributed by atoms with Gasteiger partial charge in [0.15, 0.2) is 0 Å². The van der Waals surface area contributed by atoms with E-state index < -0.39 is 15.8 Å². The van der Waals surface area contributed by atoms with E-state index in [0.717, 1.165) is 24.0 Å². The standard InChI is InChI=1S/C42H31NP2.2C15H9.2Au/c1-6-18-32(19-7-1)43-39-29-17-16-28-37(39)38-30-41(44(33-20-8-2-9-21-33)34-22-10-3-11-23-34)42(31-40(38)43)45(35-24-12-4-13-25-35)36-26-14-5-15-27-36;2*1-2-11-7-8-15-13(9-11)10-12-5-3-4-6-14(12)15;;/h1-31H;2*3-9H,10H2;;/q;2*-1;2*+1/p+2. The van der Waals surface area contributed by atoms with Gasteiger partial charge in [-0.25, -0.2) is 0 Å². The number of aromatic nitrogens is 1. The summed E-state index contributed by atoms with van der Waals surface area (Å²) in [6.45, 7) is 0. The fourth-order valence-corrected chi connectivity index (χ4v) is 17.1. The molecule has 12 aromatic rings. The predicted molar refractivity (Wildman–Crippen MR) is 323 cm³/mol. The molecule has 5 heteroatoms. The largest absolute Gasteiger partial charge is 1.00 e. The second kappa shape index (κ2) is 24.3. The molecule has 0 saturated heterocycles. The van der Waals surface area contributed by atoms with Crippen LogP contribution in [0.5, 0.6) is 0 Å². The average Bonchev–Trinajstić information content (AvgIpc) is 4.19. The second-order valence-corrected chi connectivity index (χ2v) is 23.9. The van der Waals surface area contributed by atoms with Gasteiger partial charge < -0.3 is 17.4 Å². The SMILES string of the molecule is [Au+].[Au+].[C-]#Cc1ccc2c(c1)Cc1ccccc1-2.[C-]#Cc1ccc2c(c1)Cc1ccccc1-2.c1ccc(-n2c3ccccc3c3cc([PH+](c4ccccc4)c4ccccc4)c([PH+](c4ccccc4)c4ccccc4)cc32)cc1. The summed E-state index contributed by atoms with van der Waals surface area (Å²) in [6.07, 6.45) is 16.2. The Labute approximate surface area is 486 Å². The maximum Gasteiger partial charge on any atom is 1.00 e. The van der Waals surface area contributed by atoms with Crippen LogP contribution in [0.3, 0.4) is 0 Å². The van der Waals surface area contributed by atoms with Gasteiger partial charge in [0.25, 0.3) is 0 Å². The normalized spacial score (nSPS) is 11.3. The van der Waals surface area contributed by atoms with Gasteiger partial charge in [0, 0.05) is 22.5 Å². The van der Waals surface area contributed by atoms with Gasteiger partial charge in [0.05, 0.1) is 11.0 Å². The minimum Gasteiger partial charge on any atom is -0.366 e. The summed E-state index contributed by atoms with van der Waals surface area (Å²) in [6, 6.07) is 98.8. The third-order valence-corrected chi connectivity index (χ3v) is 20.3. The van der Waals surface area contributed by atoms with E-state index >= 15 is 0 Å². The molecule has 1 heterocycles. The molecule has 0 bridgehead atoms. The van der Waals surface area contributed by atoms with Crippen LogP contribution in [-0.4, -0.2) is 4.57 Å². The fraction of sp³-hybridized carbons (Fsp3) is 0.0278. The molecule has 0 fully saturated rings. The minimum absolute atomic E-state index is 0. The van der Waals surface area contributed by atoms with Crippen LogP contribution in [0.2, 0.25) is 0 Å². The number of benzene rings is 11. The Balaban J connectivity index is 0.000000170. The Morgan fingerprint density at radius 1 is 0.312 bits per heavy atom. The van der Waals surface area contributed by atoms with Crippen molar-refractivity contribution in [1.29, 1.82) is 0 Å². The van der Waals surface area contributed by atoms with Gasteiger partial charge in [-0.15, -0.1) is 35.4 Å². The van der Waals surface area contributed by atoms with E-state index in [-0.39, 0.29) is 44.8 Å². The number of rotatable bonds is 7. The van der Waals surface area contributed by atoms with Crippen molar-refractivity contribution in [2.45, 2.75) is 12.8 Å². The van der Waals surface area contributed by atoms with E-state index in [1.165, 1.54) is 104 Å². The molecule has 1 aromatic heterocycles. The Hall–Kier alpha value is -7.32. The first-order valence-electron chi connectivity index (χ1n) is 25.5. The molecule has 11 aromatic carbocycles. The summed E-state index contributed by atoms with van der Waals surface area (Å²) < 4.78 is 2.46. The van der Waals surface area contributed by atoms with E-state index in [4.69, 9.17) is 12.8 Å². The zero-order valence-corrected chi connectivity index (χ0v) is 48.3. The van der Waals surface area contributed by atoms with Crippen LogP contribution in [-0.2, 0) is 57.6 Å². The van der Waals surface area contributed by atoms with Crippen molar-refractivity contribution >= 4 is 69.5 Å². The van der Waals surface area contributed by atoms with Crippen molar-refractivity contribution < 1.29 is 44.8 Å². The van der Waals surface area contributed by atoms with Crippen molar-refractivity contribution in [1.82, 2.24) is 4.57 Å². The molecule has 0 N–H and O–H groups in total. The quantitative estimate of drug-likeness (QED) is 0.0649. The molecule has 77 heavy (non-hydrogen) atoms. The summed E-state index contributed by atoms with van der Waals surface area (Å²) in [5, 5.41) is 11.2. The first-order valence-corrected chi connectivity index (χ1v) is 28.5. The molecule has 374 valence electrons. The third-order valence-electron chi connectivity index (χ3n) is 14.5. The number of para-hydroxylation sites is 2. The number of fused-ring (bicyclic) bond motifs is 9. The molecule has 0 atom stereocenters. The van der Waals surface area contributed by atoms with Gasteiger partial charge >= 0.3 is 44.8 Å². The third kappa shape index (κ3) is 10.9. The Morgan fingerprint density at radius 3 is 1.12 bits per heavy atom. The molecule has 0 aliphatic heterocycles. The molecule has 0 saturated carbocycles. The fourth-order valence-electron chi connectivity index (χ4n) is 11.1. The van der Waals surface area contributed by atoms with Crippen LogP contribution in [0.15, 0.2) is 273 Å². The molecule has 14 rings (SSSR count). The number of hydrogen-bond acceptors (Lipinski definition) is 0. The first-order chi connectivity index (χ1) is 37.1. The first kappa shape index (κ1) is 53.1. The van der Waals surface area contributed by atoms with Crippen LogP contribution in [0.4, 0.5) is 0 Å². The maximum absolute atomic E-state index is 7.12. The summed E-state index contributed by atoms with van der Waals surface area (Å²) in [7, 11) is -2.74. The van der Waals surface area contributed by atoms with Crippen molar-refractivity contribution in [3.63, 3.8) is 0 Å². The molecule has 2 aliphatic carbocycles. The van der Waals surface area contributed by atoms with Gasteiger partial charge in [-0.2, -0.15) is 0 Å². The Bertz CT molecular complexity index is 3900. The molecular weight excluding hydrogens is 1330 g/mol. The predicted octanol–water partition coefficient (Wildman–Crippen LogP) is 14.2. The van der Waals surface area contributed by atoms with Gasteiger partial charge in [-0.3, -0.25) is 11.8 Å². The molecule has 0 unspecified atom stereocenters. The molecule has 2 aliphatic rings. The van der Waals surface area contributed by atoms with E-state index in [1.807, 2.05) is 12.1 Å². The van der Waals surface area contributed by atoms with Crippen LogP contribution in [0.1, 0.15) is 33.4 Å². The van der Waals surface area contributed by atoms with E-state index in [1.54, 1.807) is 0 Å². The summed E-state index contributed by atoms with van der Waals surface area (Å²) in [5.41, 5.74) is 16.1. The molecular formula is C72H51Au2NP2+2. The van der Waals surface area contributed by atoms with E-state index in [2.05, 4.69) is 277 Å². The average molecular weight is 1390 g/mol. The Morgan fingerprint density at radius 2 is 0.675 bits per heavy atom. The summed E-state index contributed by atoms with van der Waals surface area (Å²) >= 11 is 0. The van der Waals surface area contributed by atoms with Gasteiger partial charge in [-0.05, 0) is 119 Å². The number of hydrogen-bond donors (Lipinski definition) is 0. The van der Waals surface area contributed by atoms with E-state index in [0.29, 0.717) is 0 Å². The summed E-state index contributed by atoms with van der Waals surface area (Å²) in [4.78, 5) is 0. The van der Waals surface area contributed by atoms with Gasteiger partial charge in [0.1, 0.15) is 47.7 Å². The van der Waals surface area contributed by atoms with Crippen molar-refractivity contribution in [2.24, 2.45) is 0 Å². The van der Waals surface area contributed by atoms with Crippen molar-refractivity contribution in [3.8, 4) is 39.8 Å². The van der Waals surface area contributed by atoms with Crippen molar-refractivity contribution in [2.75, 3.05) is 0 Å². The second-order valence-electron chi connectivity index (χ2n) is 19.0. The van der Waals surface area contributed by atoms with Gasteiger partial charge in [0.2, 0.25) is 0 Å². The maximum atomic E-state index is 7.12. The summed E-state index contributed by atoms with van der Waals surface area (Å²) in [5.74, 6) is 4.87. The Kier molecular flexibility index (Phi) is 16.8.